The average molecular weight is 2000 g/mol. The first kappa shape index (κ1) is 135. The Kier molecular flexibility index (Phi) is 120. The van der Waals surface area contributed by atoms with Gasteiger partial charge < -0.3 is 59.3 Å². The number of nitrogens with zero attached hydrogens (tertiary/aromatic N) is 7. The summed E-state index contributed by atoms with van der Waals surface area (Å²) < 4.78 is 25.5. The summed E-state index contributed by atoms with van der Waals surface area (Å²) in [4.78, 5) is 18.8. The van der Waals surface area contributed by atoms with Gasteiger partial charge in [-0.2, -0.15) is 22.3 Å². The molecule has 2 aliphatic carbocycles. The Bertz CT molecular complexity index is 3780. The van der Waals surface area contributed by atoms with Crippen molar-refractivity contribution < 1.29 is 65.6 Å². The first-order chi connectivity index (χ1) is 58.1. The maximum absolute atomic E-state index is 5.38. The minimum absolute atomic E-state index is 0. The van der Waals surface area contributed by atoms with Gasteiger partial charge in [0.25, 0.3) is 0 Å². The van der Waals surface area contributed by atoms with Gasteiger partial charge in [0.2, 0.25) is 6.79 Å². The Balaban J connectivity index is -0.000000119. The molecule has 0 bridgehead atoms. The quantitative estimate of drug-likeness (QED) is 0.124. The van der Waals surface area contributed by atoms with Crippen LogP contribution in [0.4, 0.5) is 0 Å². The first-order valence-corrected chi connectivity index (χ1v) is 43.1. The van der Waals surface area contributed by atoms with E-state index in [1.807, 2.05) is 349 Å². The predicted molar refractivity (Wildman–Crippen MR) is 524 cm³/mol. The van der Waals surface area contributed by atoms with Crippen molar-refractivity contribution in [2.45, 2.75) is 256 Å². The second-order valence-corrected chi connectivity index (χ2v) is 21.3. The number of H-pyrrole nitrogens is 2. The van der Waals surface area contributed by atoms with Crippen LogP contribution in [0.2, 0.25) is 0 Å². The number of allylic oxidation sites excluding steroid dienone is 13. The number of ether oxygens (including phenoxy) is 4. The smallest absolute Gasteiger partial charge is 0.504 e. The van der Waals surface area contributed by atoms with Gasteiger partial charge in [0, 0.05) is 60.2 Å². The van der Waals surface area contributed by atoms with Crippen LogP contribution in [0.3, 0.4) is 0 Å². The van der Waals surface area contributed by atoms with Crippen LogP contribution >= 0.6 is 0 Å². The largest absolute Gasteiger partial charge is 2.00 e. The van der Waals surface area contributed by atoms with Gasteiger partial charge in [0.1, 0.15) is 30.5 Å². The van der Waals surface area contributed by atoms with Crippen molar-refractivity contribution in [1.29, 1.82) is 0 Å². The third kappa shape index (κ3) is 81.1. The van der Waals surface area contributed by atoms with E-state index in [-0.39, 0.29) is 42.1 Å². The second-order valence-electron chi connectivity index (χ2n) is 21.3. The van der Waals surface area contributed by atoms with Crippen LogP contribution in [0.15, 0.2) is 266 Å². The molecule has 0 amide bonds. The van der Waals surface area contributed by atoms with Gasteiger partial charge in [0.15, 0.2) is 23.0 Å². The van der Waals surface area contributed by atoms with Crippen molar-refractivity contribution in [3.8, 4) is 23.0 Å². The summed E-state index contributed by atoms with van der Waals surface area (Å²) in [6, 6.07) is 46.4. The molecular formula is C105H163N9O5W2. The topological polar surface area (TPSA) is 172 Å². The third-order valence-electron chi connectivity index (χ3n) is 12.7. The Morgan fingerprint density at radius 3 is 1.35 bits per heavy atom. The molecule has 5 aromatic carbocycles. The molecule has 15 rings (SSSR count). The Hall–Kier alpha value is -9.74. The van der Waals surface area contributed by atoms with Gasteiger partial charge in [-0.3, -0.25) is 26.0 Å². The number of pyridine rings is 2. The van der Waals surface area contributed by atoms with E-state index in [9.17, 15) is 0 Å². The van der Waals surface area contributed by atoms with Gasteiger partial charge in [-0.1, -0.05) is 279 Å². The minimum Gasteiger partial charge on any atom is -0.504 e. The van der Waals surface area contributed by atoms with Gasteiger partial charge >= 0.3 is 42.1 Å². The maximum Gasteiger partial charge on any atom is 2.00 e. The zero-order valence-electron chi connectivity index (χ0n) is 81.8. The standard InChI is InChI=1S/C9H9N.C9H10O2.C9H10.C8H8O2.C7H7N3.C7H8.2C6H7N.C6H8.C5H6N2.C5H6.C4H5NO.12C2H6.2W/c1-7-2-3-8-4-5-10-9(8)6-7;1-7-2-3-8-9(6-7)11-5-4-10-8;1-2-6-9-7-4-3-5-8-9;1-6-2-3-7-8(4-6)10-5-9-7;1-5-2-3-6-7(4-5)9-10-8-6;1-7-5-3-2-4-6-7;1-6-3-2-4-7-5-6;1-6-4-2-3-5-7-6;1-6-4-2-3-5-6;1-5-4-6-2-3-7-5;1-3-5-4-2;1-4-2-5-6-3-4;12*1-2;;/h2-6,10H,1H3;2-3,6H,4-5H2,1H3;3-9H,1H3;2-4H,5H2,1H3;2-4H,1H3,(H,8,9,10);2-6H,1H3;2*2-5H,1H3;2,4-5H,3H2,1H3;2-4H,1H3;1,3,5H,2H3;2-3H,1H3;12*1-2H3;;/q;;-2;;;;;;;;-2;;;;;;;;;;;;;;2*+2. The summed E-state index contributed by atoms with van der Waals surface area (Å²) >= 11 is 0. The number of rotatable bonds is 2. The molecule has 1 unspecified atom stereocenters. The summed E-state index contributed by atoms with van der Waals surface area (Å²) in [5.41, 5.74) is 15.0. The molecule has 16 heteroatoms. The zero-order chi connectivity index (χ0) is 92.5. The van der Waals surface area contributed by atoms with Gasteiger partial charge in [-0.15, -0.1) is 19.1 Å². The van der Waals surface area contributed by atoms with Crippen LogP contribution < -0.4 is 18.9 Å². The number of aromatic nitrogens is 9. The fraction of sp³-hybridized carbons (Fsp3) is 0.390. The van der Waals surface area contributed by atoms with E-state index < -0.39 is 0 Å². The fourth-order valence-electron chi connectivity index (χ4n) is 7.82. The summed E-state index contributed by atoms with van der Waals surface area (Å²) in [5.74, 6) is 3.92. The van der Waals surface area contributed by atoms with Crippen LogP contribution in [0, 0.1) is 93.4 Å². The number of hydrogen-bond donors (Lipinski definition) is 2. The Morgan fingerprint density at radius 1 is 0.446 bits per heavy atom. The summed E-state index contributed by atoms with van der Waals surface area (Å²) in [5, 5.41) is 15.2. The first-order valence-electron chi connectivity index (χ1n) is 43.1. The number of nitrogens with one attached hydrogen (secondary N) is 2. The summed E-state index contributed by atoms with van der Waals surface area (Å²) in [7, 11) is 0. The number of benzene rings is 5. The Morgan fingerprint density at radius 2 is 0.959 bits per heavy atom. The van der Waals surface area contributed by atoms with E-state index in [0.29, 0.717) is 25.9 Å². The van der Waals surface area contributed by atoms with E-state index in [1.54, 1.807) is 56.4 Å². The van der Waals surface area contributed by atoms with E-state index >= 15 is 0 Å². The van der Waals surface area contributed by atoms with Crippen LogP contribution in [-0.2, 0) is 42.1 Å². The molecule has 6 aromatic heterocycles. The second kappa shape index (κ2) is 108. The zero-order valence-corrected chi connectivity index (χ0v) is 87.7. The molecule has 4 aliphatic rings. The molecule has 0 spiro atoms. The molecule has 1 atom stereocenters. The van der Waals surface area contributed by atoms with Crippen LogP contribution in [0.5, 0.6) is 23.0 Å². The average Bonchev–Trinajstić information content (AvgIpc) is 1.62. The predicted octanol–water partition coefficient (Wildman–Crippen LogP) is 31.6. The molecule has 0 radical (unpaired) electrons. The van der Waals surface area contributed by atoms with E-state index in [0.717, 1.165) is 57.4 Å². The van der Waals surface area contributed by atoms with Crippen LogP contribution in [0.25, 0.3) is 21.9 Å². The van der Waals surface area contributed by atoms with Crippen molar-refractivity contribution in [3.63, 3.8) is 0 Å². The molecule has 121 heavy (non-hydrogen) atoms. The van der Waals surface area contributed by atoms with Gasteiger partial charge in [-0.25, -0.2) is 18.6 Å². The van der Waals surface area contributed by atoms with Crippen molar-refractivity contribution in [2.24, 2.45) is 5.92 Å². The molecule has 8 heterocycles. The molecule has 2 aliphatic heterocycles. The number of fused-ring (bicyclic) bond motifs is 4. The van der Waals surface area contributed by atoms with Crippen molar-refractivity contribution in [1.82, 2.24) is 45.5 Å². The molecule has 14 nitrogen and oxygen atoms in total. The molecular weight excluding hydrogens is 1830 g/mol. The van der Waals surface area contributed by atoms with Crippen LogP contribution in [0.1, 0.15) is 244 Å². The summed E-state index contributed by atoms with van der Waals surface area (Å²) in [6.45, 7) is 78.5. The normalized spacial score (nSPS) is 10.4. The van der Waals surface area contributed by atoms with Crippen molar-refractivity contribution >= 4 is 21.9 Å². The minimum atomic E-state index is 0. The van der Waals surface area contributed by atoms with Crippen molar-refractivity contribution in [3.05, 3.63) is 337 Å². The molecule has 0 saturated heterocycles. The number of hydrogen-bond acceptors (Lipinski definition) is 12. The Labute approximate surface area is 769 Å². The summed E-state index contributed by atoms with van der Waals surface area (Å²) in [6.07, 6.45) is 44.6. The van der Waals surface area contributed by atoms with E-state index in [2.05, 4.69) is 162 Å². The number of aromatic amines is 2. The van der Waals surface area contributed by atoms with E-state index in [4.69, 9.17) is 25.5 Å². The third-order valence-corrected chi connectivity index (χ3v) is 12.7. The van der Waals surface area contributed by atoms with E-state index in [1.165, 1.54) is 55.9 Å². The molecule has 670 valence electrons. The van der Waals surface area contributed by atoms with Gasteiger partial charge in [0.05, 0.1) is 11.9 Å². The van der Waals surface area contributed by atoms with Gasteiger partial charge in [-0.05, 0) is 176 Å². The van der Waals surface area contributed by atoms with Crippen LogP contribution in [-0.4, -0.2) is 65.5 Å². The maximum atomic E-state index is 5.38. The molecule has 2 N–H and O–H groups in total. The number of aryl methyl sites for hydroxylation is 9. The van der Waals surface area contributed by atoms with Crippen molar-refractivity contribution in [2.75, 3.05) is 20.0 Å². The SMILES string of the molecule is CC.CC.CC.CC.CC.CC.CC.CC.CC.CC.CC.CC.CC1=CCC=C1.C[C-]=CC1C=CC=C[CH-]1.Cc1ccc2c(c1)OCCO2.Cc1ccc2c(c1)OCO2.Cc1ccc2cc[nH]c2c1.Cc1ccc2n[nH]nc2c1.Cc1ccccc1.Cc1ccccn1.Cc1cccnc1.Cc1cnccn1.Cc1cnoc1.[CH-]=CC=[C-]C.[W+2].[W+2]. The molecule has 0 fully saturated rings. The fourth-order valence-corrected chi connectivity index (χ4v) is 7.82. The molecule has 11 aromatic rings. The monoisotopic (exact) mass is 2000 g/mol. The molecule has 0 saturated carbocycles.